The van der Waals surface area contributed by atoms with Crippen molar-refractivity contribution in [3.63, 3.8) is 0 Å². The van der Waals surface area contributed by atoms with E-state index < -0.39 is 0 Å². The molecule has 0 saturated heterocycles. The predicted octanol–water partition coefficient (Wildman–Crippen LogP) is 3.91. The first kappa shape index (κ1) is 17.9. The van der Waals surface area contributed by atoms with Gasteiger partial charge in [0.1, 0.15) is 0 Å². The van der Waals surface area contributed by atoms with Crippen LogP contribution in [0, 0.1) is 5.41 Å². The summed E-state index contributed by atoms with van der Waals surface area (Å²) in [6, 6.07) is 0.699. The van der Waals surface area contributed by atoms with Crippen molar-refractivity contribution in [2.24, 2.45) is 5.41 Å². The average Bonchev–Trinajstić information content (AvgIpc) is 2.31. The number of hydrogen-bond acceptors (Lipinski definition) is 2. The fourth-order valence-electron chi connectivity index (χ4n) is 2.18. The Balaban J connectivity index is 4.05. The van der Waals surface area contributed by atoms with Crippen LogP contribution < -0.4 is 5.32 Å². The van der Waals surface area contributed by atoms with Crippen LogP contribution in [0.1, 0.15) is 67.2 Å². The second kappa shape index (κ2) is 9.80. The Bertz CT molecular complexity index is 180. The summed E-state index contributed by atoms with van der Waals surface area (Å²) in [6.07, 6.45) is 5.15. The molecule has 0 radical (unpaired) electrons. The topological polar surface area (TPSA) is 15.3 Å². The van der Waals surface area contributed by atoms with Gasteiger partial charge in [-0.2, -0.15) is 0 Å². The molecule has 0 aliphatic carbocycles. The van der Waals surface area contributed by atoms with Gasteiger partial charge in [0.2, 0.25) is 0 Å². The Kier molecular flexibility index (Phi) is 9.76. The van der Waals surface area contributed by atoms with Crippen molar-refractivity contribution in [2.75, 3.05) is 26.2 Å². The van der Waals surface area contributed by atoms with E-state index in [0.29, 0.717) is 11.5 Å². The van der Waals surface area contributed by atoms with Crippen molar-refractivity contribution in [3.8, 4) is 0 Å². The van der Waals surface area contributed by atoms with E-state index in [1.54, 1.807) is 0 Å². The third-order valence-corrected chi connectivity index (χ3v) is 3.61. The lowest BCUT2D eigenvalue weighted by Gasteiger charge is -2.26. The van der Waals surface area contributed by atoms with Crippen LogP contribution in [0.2, 0.25) is 0 Å². The molecule has 0 aromatic heterocycles. The summed E-state index contributed by atoms with van der Waals surface area (Å²) >= 11 is 0. The third-order valence-electron chi connectivity index (χ3n) is 3.61. The van der Waals surface area contributed by atoms with Gasteiger partial charge in [0.25, 0.3) is 0 Å². The quantitative estimate of drug-likeness (QED) is 0.637. The molecule has 2 heteroatoms. The first-order chi connectivity index (χ1) is 8.42. The molecule has 0 aliphatic heterocycles. The van der Waals surface area contributed by atoms with Crippen LogP contribution in [0.25, 0.3) is 0 Å². The molecule has 0 bridgehead atoms. The molecule has 0 rings (SSSR count). The van der Waals surface area contributed by atoms with Gasteiger partial charge in [0, 0.05) is 6.04 Å². The minimum Gasteiger partial charge on any atom is -0.314 e. The maximum atomic E-state index is 3.72. The second-order valence-corrected chi connectivity index (χ2v) is 6.57. The SMILES string of the molecule is CCCNC(CCN(CC)CC)CCC(C)(C)C. The molecule has 110 valence electrons. The minimum atomic E-state index is 0.460. The largest absolute Gasteiger partial charge is 0.314 e. The molecule has 2 nitrogen and oxygen atoms in total. The highest BCUT2D eigenvalue weighted by molar-refractivity contribution is 4.73. The molecular formula is C16H36N2. The van der Waals surface area contributed by atoms with Crippen molar-refractivity contribution >= 4 is 0 Å². The van der Waals surface area contributed by atoms with Crippen LogP contribution >= 0.6 is 0 Å². The third kappa shape index (κ3) is 9.90. The van der Waals surface area contributed by atoms with Gasteiger partial charge in [-0.25, -0.2) is 0 Å². The van der Waals surface area contributed by atoms with Gasteiger partial charge >= 0.3 is 0 Å². The van der Waals surface area contributed by atoms with E-state index in [0.717, 1.165) is 6.54 Å². The molecule has 0 fully saturated rings. The maximum absolute atomic E-state index is 3.72. The van der Waals surface area contributed by atoms with Crippen molar-refractivity contribution in [2.45, 2.75) is 73.3 Å². The molecule has 0 spiro atoms. The van der Waals surface area contributed by atoms with E-state index in [2.05, 4.69) is 51.8 Å². The summed E-state index contributed by atoms with van der Waals surface area (Å²) in [7, 11) is 0. The normalized spacial score (nSPS) is 14.2. The van der Waals surface area contributed by atoms with Gasteiger partial charge in [-0.1, -0.05) is 41.5 Å². The summed E-state index contributed by atoms with van der Waals surface area (Å²) < 4.78 is 0. The summed E-state index contributed by atoms with van der Waals surface area (Å²) in [5, 5.41) is 3.72. The fraction of sp³-hybridized carbons (Fsp3) is 1.00. The van der Waals surface area contributed by atoms with Crippen molar-refractivity contribution in [3.05, 3.63) is 0 Å². The Morgan fingerprint density at radius 3 is 2.06 bits per heavy atom. The monoisotopic (exact) mass is 256 g/mol. The van der Waals surface area contributed by atoms with Crippen molar-refractivity contribution in [1.82, 2.24) is 10.2 Å². The zero-order valence-electron chi connectivity index (χ0n) is 13.7. The molecule has 0 aromatic carbocycles. The van der Waals surface area contributed by atoms with E-state index >= 15 is 0 Å². The highest BCUT2D eigenvalue weighted by atomic mass is 15.1. The van der Waals surface area contributed by atoms with E-state index in [1.807, 2.05) is 0 Å². The molecule has 0 amide bonds. The molecule has 18 heavy (non-hydrogen) atoms. The van der Waals surface area contributed by atoms with Crippen LogP contribution in [0.4, 0.5) is 0 Å². The number of hydrogen-bond donors (Lipinski definition) is 1. The van der Waals surface area contributed by atoms with Gasteiger partial charge in [0.15, 0.2) is 0 Å². The standard InChI is InChI=1S/C16H36N2/c1-7-13-17-15(10-12-16(4,5)6)11-14-18(8-2)9-3/h15,17H,7-14H2,1-6H3. The molecule has 0 heterocycles. The number of nitrogens with zero attached hydrogens (tertiary/aromatic N) is 1. The van der Waals surface area contributed by atoms with E-state index in [4.69, 9.17) is 0 Å². The lowest BCUT2D eigenvalue weighted by molar-refractivity contribution is 0.263. The zero-order valence-corrected chi connectivity index (χ0v) is 13.7. The smallest absolute Gasteiger partial charge is 0.00794 e. The van der Waals surface area contributed by atoms with Crippen molar-refractivity contribution in [1.29, 1.82) is 0 Å². The van der Waals surface area contributed by atoms with Crippen LogP contribution in [-0.2, 0) is 0 Å². The van der Waals surface area contributed by atoms with E-state index in [1.165, 1.54) is 45.3 Å². The van der Waals surface area contributed by atoms with E-state index in [-0.39, 0.29) is 0 Å². The Morgan fingerprint density at radius 1 is 1.00 bits per heavy atom. The number of nitrogens with one attached hydrogen (secondary N) is 1. The van der Waals surface area contributed by atoms with Crippen molar-refractivity contribution < 1.29 is 0 Å². The predicted molar refractivity (Wildman–Crippen MR) is 83.2 cm³/mol. The average molecular weight is 256 g/mol. The Labute approximate surface area is 116 Å². The Morgan fingerprint density at radius 2 is 1.61 bits per heavy atom. The lowest BCUT2D eigenvalue weighted by Crippen LogP contribution is -2.35. The minimum absolute atomic E-state index is 0.460. The first-order valence-corrected chi connectivity index (χ1v) is 7.88. The van der Waals surface area contributed by atoms with E-state index in [9.17, 15) is 0 Å². The molecule has 0 saturated carbocycles. The summed E-state index contributed by atoms with van der Waals surface area (Å²) in [6.45, 7) is 18.5. The van der Waals surface area contributed by atoms with Crippen LogP contribution in [-0.4, -0.2) is 37.1 Å². The maximum Gasteiger partial charge on any atom is 0.00794 e. The number of rotatable bonds is 10. The summed E-state index contributed by atoms with van der Waals surface area (Å²) in [5.74, 6) is 0. The highest BCUT2D eigenvalue weighted by Crippen LogP contribution is 2.22. The van der Waals surface area contributed by atoms with Gasteiger partial charge in [0.05, 0.1) is 0 Å². The van der Waals surface area contributed by atoms with Gasteiger partial charge < -0.3 is 10.2 Å². The highest BCUT2D eigenvalue weighted by Gasteiger charge is 2.15. The fourth-order valence-corrected chi connectivity index (χ4v) is 2.18. The van der Waals surface area contributed by atoms with Crippen LogP contribution in [0.5, 0.6) is 0 Å². The molecular weight excluding hydrogens is 220 g/mol. The second-order valence-electron chi connectivity index (χ2n) is 6.57. The van der Waals surface area contributed by atoms with Gasteiger partial charge in [-0.3, -0.25) is 0 Å². The lowest BCUT2D eigenvalue weighted by atomic mass is 9.88. The summed E-state index contributed by atoms with van der Waals surface area (Å²) in [4.78, 5) is 2.53. The van der Waals surface area contributed by atoms with Crippen LogP contribution in [0.15, 0.2) is 0 Å². The summed E-state index contributed by atoms with van der Waals surface area (Å²) in [5.41, 5.74) is 0.460. The Hall–Kier alpha value is -0.0800. The van der Waals surface area contributed by atoms with Gasteiger partial charge in [-0.05, 0) is 57.3 Å². The first-order valence-electron chi connectivity index (χ1n) is 7.88. The van der Waals surface area contributed by atoms with Crippen LogP contribution in [0.3, 0.4) is 0 Å². The zero-order chi connectivity index (χ0) is 14.0. The molecule has 0 aromatic rings. The molecule has 0 aliphatic rings. The van der Waals surface area contributed by atoms with Gasteiger partial charge in [-0.15, -0.1) is 0 Å². The molecule has 1 unspecified atom stereocenters. The molecule has 1 N–H and O–H groups in total. The molecule has 1 atom stereocenters.